The monoisotopic (exact) mass is 460 g/mol. The maximum absolute atomic E-state index is 13.1. The van der Waals surface area contributed by atoms with Crippen molar-refractivity contribution >= 4 is 35.2 Å². The third-order valence-corrected chi connectivity index (χ3v) is 4.06. The van der Waals surface area contributed by atoms with Crippen LogP contribution in [0.4, 0.5) is 26.7 Å². The van der Waals surface area contributed by atoms with Gasteiger partial charge in [0.2, 0.25) is 5.91 Å². The largest absolute Gasteiger partial charge is 0.444 e. The molecule has 0 radical (unpaired) electrons. The number of nitrogens with two attached hydrogens (primary N) is 2. The summed E-state index contributed by atoms with van der Waals surface area (Å²) in [5.74, 6) is -0.588. The molecular weight excluding hydrogens is 428 g/mol. The fourth-order valence-electron chi connectivity index (χ4n) is 2.72. The van der Waals surface area contributed by atoms with Gasteiger partial charge in [0.25, 0.3) is 0 Å². The Balaban J connectivity index is 2.29. The molecule has 0 saturated heterocycles. The molecule has 6 N–H and O–H groups in total. The molecule has 1 atom stereocenters. The predicted octanol–water partition coefficient (Wildman–Crippen LogP) is 2.91. The van der Waals surface area contributed by atoms with Crippen LogP contribution in [0.15, 0.2) is 30.7 Å². The Morgan fingerprint density at radius 2 is 1.70 bits per heavy atom. The van der Waals surface area contributed by atoms with Gasteiger partial charge in [0.05, 0.1) is 17.1 Å². The Morgan fingerprint density at radius 1 is 1.06 bits per heavy atom. The summed E-state index contributed by atoms with van der Waals surface area (Å²) in [4.78, 5) is 42.0. The number of nitrogens with one attached hydrogen (secondary N) is 2. The molecule has 2 rings (SSSR count). The predicted molar refractivity (Wildman–Crippen MR) is 125 cm³/mol. The molecule has 0 fully saturated rings. The van der Waals surface area contributed by atoms with Crippen LogP contribution in [0.1, 0.15) is 47.2 Å². The van der Waals surface area contributed by atoms with E-state index in [1.807, 2.05) is 0 Å². The van der Waals surface area contributed by atoms with Gasteiger partial charge in [-0.3, -0.25) is 4.79 Å². The van der Waals surface area contributed by atoms with Crippen molar-refractivity contribution < 1.29 is 23.9 Å². The molecule has 1 aromatic carbocycles. The van der Waals surface area contributed by atoms with Crippen molar-refractivity contribution in [2.24, 2.45) is 0 Å². The molecule has 33 heavy (non-hydrogen) atoms. The number of amides is 2. The summed E-state index contributed by atoms with van der Waals surface area (Å²) in [6, 6.07) is 3.53. The van der Waals surface area contributed by atoms with Crippen LogP contribution in [0.3, 0.4) is 0 Å². The molecule has 0 saturated carbocycles. The molecule has 1 unspecified atom stereocenters. The van der Waals surface area contributed by atoms with Gasteiger partial charge in [0.1, 0.15) is 23.6 Å². The number of hydrogen-bond acceptors (Lipinski definition) is 8. The lowest BCUT2D eigenvalue weighted by Gasteiger charge is -2.24. The van der Waals surface area contributed by atoms with Crippen LogP contribution in [-0.2, 0) is 20.7 Å². The maximum atomic E-state index is 13.1. The molecular formula is C22H32N6O5. The number of ether oxygens (including phenoxy) is 2. The molecule has 2 amide bonds. The summed E-state index contributed by atoms with van der Waals surface area (Å²) >= 11 is 0. The second kappa shape index (κ2) is 9.80. The first kappa shape index (κ1) is 25.5. The molecule has 0 aliphatic heterocycles. The summed E-state index contributed by atoms with van der Waals surface area (Å²) in [7, 11) is 0. The number of carbonyl (C=O) groups excluding carboxylic acids is 3. The lowest BCUT2D eigenvalue weighted by molar-refractivity contribution is -0.118. The van der Waals surface area contributed by atoms with Crippen molar-refractivity contribution in [3.63, 3.8) is 0 Å². The number of imidazole rings is 1. The van der Waals surface area contributed by atoms with E-state index in [2.05, 4.69) is 15.6 Å². The van der Waals surface area contributed by atoms with E-state index < -0.39 is 35.3 Å². The van der Waals surface area contributed by atoms with Crippen LogP contribution in [0.2, 0.25) is 0 Å². The topological polar surface area (TPSA) is 164 Å². The first-order valence-electron chi connectivity index (χ1n) is 10.3. The fourth-order valence-corrected chi connectivity index (χ4v) is 2.72. The average Bonchev–Trinajstić information content (AvgIpc) is 3.09. The smallest absolute Gasteiger partial charge is 0.420 e. The van der Waals surface area contributed by atoms with Crippen molar-refractivity contribution in [1.29, 1.82) is 0 Å². The van der Waals surface area contributed by atoms with Crippen LogP contribution in [-0.4, -0.2) is 44.9 Å². The fraction of sp³-hybridized carbons (Fsp3) is 0.455. The van der Waals surface area contributed by atoms with Crippen molar-refractivity contribution in [3.8, 4) is 0 Å². The molecule has 0 bridgehead atoms. The minimum Gasteiger partial charge on any atom is -0.444 e. The zero-order valence-electron chi connectivity index (χ0n) is 19.8. The average molecular weight is 461 g/mol. The second-order valence-electron chi connectivity index (χ2n) is 9.47. The lowest BCUT2D eigenvalue weighted by Crippen LogP contribution is -2.47. The highest BCUT2D eigenvalue weighted by Gasteiger charge is 2.28. The summed E-state index contributed by atoms with van der Waals surface area (Å²) in [5, 5.41) is 5.20. The van der Waals surface area contributed by atoms with E-state index in [0.29, 0.717) is 17.1 Å². The van der Waals surface area contributed by atoms with E-state index in [1.165, 1.54) is 23.2 Å². The van der Waals surface area contributed by atoms with Crippen molar-refractivity contribution in [2.75, 3.05) is 16.8 Å². The molecule has 0 aliphatic rings. The number of anilines is 3. The lowest BCUT2D eigenvalue weighted by atomic mass is 10.1. The van der Waals surface area contributed by atoms with Crippen LogP contribution in [0.5, 0.6) is 0 Å². The zero-order valence-corrected chi connectivity index (χ0v) is 19.8. The van der Waals surface area contributed by atoms with Crippen LogP contribution in [0.25, 0.3) is 0 Å². The van der Waals surface area contributed by atoms with Gasteiger partial charge in [-0.1, -0.05) is 0 Å². The van der Waals surface area contributed by atoms with E-state index >= 15 is 0 Å². The van der Waals surface area contributed by atoms with Gasteiger partial charge in [-0.15, -0.1) is 0 Å². The van der Waals surface area contributed by atoms with Crippen molar-refractivity contribution in [1.82, 2.24) is 14.9 Å². The molecule has 180 valence electrons. The standard InChI is InChI=1S/C22H32N6O5/c1-21(2,3)32-19(30)27-17(18(29)26-16-9-13(23)7-8-15(16)24)10-14-11-25-12-28(14)20(31)33-22(4,5)6/h7-9,11-12,17H,10,23-24H2,1-6H3,(H,26,29)(H,27,30). The molecule has 11 heteroatoms. The van der Waals surface area contributed by atoms with E-state index in [-0.39, 0.29) is 12.1 Å². The van der Waals surface area contributed by atoms with E-state index in [0.717, 1.165) is 0 Å². The Bertz CT molecular complexity index is 1020. The summed E-state index contributed by atoms with van der Waals surface area (Å²) < 4.78 is 11.8. The molecule has 2 aromatic rings. The maximum Gasteiger partial charge on any atom is 0.420 e. The highest BCUT2D eigenvalue weighted by molar-refractivity contribution is 5.99. The van der Waals surface area contributed by atoms with Gasteiger partial charge in [0, 0.05) is 18.3 Å². The number of carbonyl (C=O) groups is 3. The molecule has 11 nitrogen and oxygen atoms in total. The number of hydrogen-bond donors (Lipinski definition) is 4. The van der Waals surface area contributed by atoms with Gasteiger partial charge in [-0.05, 0) is 59.7 Å². The van der Waals surface area contributed by atoms with Gasteiger partial charge in [0.15, 0.2) is 0 Å². The van der Waals surface area contributed by atoms with Crippen LogP contribution < -0.4 is 22.1 Å². The Morgan fingerprint density at radius 3 is 2.30 bits per heavy atom. The first-order chi connectivity index (χ1) is 15.1. The van der Waals surface area contributed by atoms with Crippen molar-refractivity contribution in [3.05, 3.63) is 36.4 Å². The SMILES string of the molecule is CC(C)(C)OC(=O)NC(Cc1cncn1C(=O)OC(C)(C)C)C(=O)Nc1cc(N)ccc1N. The molecule has 1 heterocycles. The number of rotatable bonds is 5. The molecule has 0 spiro atoms. The third kappa shape index (κ3) is 8.02. The van der Waals surface area contributed by atoms with Crippen molar-refractivity contribution in [2.45, 2.75) is 65.2 Å². The second-order valence-corrected chi connectivity index (χ2v) is 9.47. The van der Waals surface area contributed by atoms with Gasteiger partial charge in [-0.25, -0.2) is 19.1 Å². The summed E-state index contributed by atoms with van der Waals surface area (Å²) in [5.41, 5.74) is 11.5. The van der Waals surface area contributed by atoms with E-state index in [1.54, 1.807) is 53.7 Å². The number of nitrogen functional groups attached to an aromatic ring is 2. The summed E-state index contributed by atoms with van der Waals surface area (Å²) in [6.07, 6.45) is 1.16. The number of benzene rings is 1. The van der Waals surface area contributed by atoms with E-state index in [4.69, 9.17) is 20.9 Å². The highest BCUT2D eigenvalue weighted by atomic mass is 16.6. The van der Waals surface area contributed by atoms with E-state index in [9.17, 15) is 14.4 Å². The first-order valence-corrected chi connectivity index (χ1v) is 10.3. The normalized spacial score (nSPS) is 12.5. The van der Waals surface area contributed by atoms with Gasteiger partial charge >= 0.3 is 12.2 Å². The number of aromatic nitrogens is 2. The van der Waals surface area contributed by atoms with Crippen LogP contribution >= 0.6 is 0 Å². The quantitative estimate of drug-likeness (QED) is 0.495. The van der Waals surface area contributed by atoms with Gasteiger partial charge in [-0.2, -0.15) is 0 Å². The Labute approximate surface area is 192 Å². The molecule has 0 aliphatic carbocycles. The Hall–Kier alpha value is -3.76. The minimum atomic E-state index is -1.13. The molecule has 1 aromatic heterocycles. The third-order valence-electron chi connectivity index (χ3n) is 4.06. The summed E-state index contributed by atoms with van der Waals surface area (Å²) in [6.45, 7) is 10.3. The number of nitrogens with zero attached hydrogens (tertiary/aromatic N) is 2. The zero-order chi connectivity index (χ0) is 25.0. The Kier molecular flexibility index (Phi) is 7.57. The minimum absolute atomic E-state index is 0.0768. The van der Waals surface area contributed by atoms with Crippen LogP contribution in [0, 0.1) is 0 Å². The number of alkyl carbamates (subject to hydrolysis) is 1. The highest BCUT2D eigenvalue weighted by Crippen LogP contribution is 2.22. The van der Waals surface area contributed by atoms with Gasteiger partial charge < -0.3 is 31.6 Å².